The molecule has 124 valence electrons. The Morgan fingerprint density at radius 1 is 1.46 bits per heavy atom. The predicted octanol–water partition coefficient (Wildman–Crippen LogP) is 3.55. The Bertz CT molecular complexity index is 813. The summed E-state index contributed by atoms with van der Waals surface area (Å²) in [6.45, 7) is 2.22. The van der Waals surface area contributed by atoms with Crippen molar-refractivity contribution < 1.29 is 9.72 Å². The number of carbonyl (C=O) groups is 1. The molecule has 0 aliphatic heterocycles. The first-order chi connectivity index (χ1) is 11.5. The molecule has 6 nitrogen and oxygen atoms in total. The minimum absolute atomic E-state index is 0.0453. The van der Waals surface area contributed by atoms with Crippen molar-refractivity contribution in [3.63, 3.8) is 0 Å². The molecule has 1 heterocycles. The summed E-state index contributed by atoms with van der Waals surface area (Å²) in [4.78, 5) is 24.6. The minimum Gasteiger partial charge on any atom is -0.266 e. The third-order valence-electron chi connectivity index (χ3n) is 4.06. The average Bonchev–Trinajstić information content (AvgIpc) is 2.98. The van der Waals surface area contributed by atoms with Crippen LogP contribution in [0.2, 0.25) is 0 Å². The predicted molar refractivity (Wildman–Crippen MR) is 93.7 cm³/mol. The van der Waals surface area contributed by atoms with Crippen molar-refractivity contribution in [2.75, 3.05) is 0 Å². The van der Waals surface area contributed by atoms with E-state index >= 15 is 0 Å². The fourth-order valence-corrected chi connectivity index (χ4v) is 3.89. The zero-order chi connectivity index (χ0) is 17.1. The van der Waals surface area contributed by atoms with E-state index in [4.69, 9.17) is 0 Å². The highest BCUT2D eigenvalue weighted by Crippen LogP contribution is 2.32. The Hall–Kier alpha value is -2.54. The maximum absolute atomic E-state index is 12.2. The Balaban J connectivity index is 1.69. The number of para-hydroxylation sites is 1. The number of nitro groups is 1. The zero-order valence-electron chi connectivity index (χ0n) is 13.2. The van der Waals surface area contributed by atoms with Gasteiger partial charge in [-0.3, -0.25) is 14.9 Å². The molecule has 0 radical (unpaired) electrons. The van der Waals surface area contributed by atoms with Gasteiger partial charge >= 0.3 is 0 Å². The molecule has 24 heavy (non-hydrogen) atoms. The van der Waals surface area contributed by atoms with Gasteiger partial charge < -0.3 is 0 Å². The maximum atomic E-state index is 12.2. The first-order valence-electron chi connectivity index (χ1n) is 7.73. The topological polar surface area (TPSA) is 84.6 Å². The molecular weight excluding hydrogens is 326 g/mol. The number of carbonyl (C=O) groups excluding carboxylic acids is 1. The van der Waals surface area contributed by atoms with Crippen LogP contribution in [0.5, 0.6) is 0 Å². The molecule has 0 saturated carbocycles. The molecule has 3 rings (SSSR count). The van der Waals surface area contributed by atoms with E-state index in [1.54, 1.807) is 18.2 Å². The van der Waals surface area contributed by atoms with Crippen LogP contribution in [0.1, 0.15) is 39.0 Å². The van der Waals surface area contributed by atoms with E-state index in [9.17, 15) is 14.9 Å². The fraction of sp³-hybridized carbons (Fsp3) is 0.294. The maximum Gasteiger partial charge on any atom is 0.281 e. The van der Waals surface area contributed by atoms with Crippen LogP contribution in [0.4, 0.5) is 5.69 Å². The Kier molecular flexibility index (Phi) is 4.71. The molecule has 1 amide bonds. The average molecular weight is 343 g/mol. The zero-order valence-corrected chi connectivity index (χ0v) is 14.0. The summed E-state index contributed by atoms with van der Waals surface area (Å²) in [7, 11) is 0. The fourth-order valence-electron chi connectivity index (χ4n) is 2.80. The molecular formula is C17H17N3O3S. The first kappa shape index (κ1) is 16.3. The van der Waals surface area contributed by atoms with Crippen molar-refractivity contribution in [1.82, 2.24) is 5.43 Å². The summed E-state index contributed by atoms with van der Waals surface area (Å²) in [6, 6.07) is 8.19. The number of hydrogen-bond acceptors (Lipinski definition) is 5. The Labute approximate surface area is 143 Å². The minimum atomic E-state index is -0.475. The van der Waals surface area contributed by atoms with Gasteiger partial charge in [-0.15, -0.1) is 11.3 Å². The molecule has 0 unspecified atom stereocenters. The Morgan fingerprint density at radius 2 is 2.25 bits per heavy atom. The second kappa shape index (κ2) is 6.92. The lowest BCUT2D eigenvalue weighted by Gasteiger charge is -2.16. The van der Waals surface area contributed by atoms with Crippen LogP contribution in [0.15, 0.2) is 35.4 Å². The summed E-state index contributed by atoms with van der Waals surface area (Å²) in [5, 5.41) is 14.8. The van der Waals surface area contributed by atoms with Crippen LogP contribution in [-0.4, -0.2) is 17.0 Å². The van der Waals surface area contributed by atoms with Gasteiger partial charge in [0, 0.05) is 10.9 Å². The van der Waals surface area contributed by atoms with Crippen LogP contribution >= 0.6 is 11.3 Å². The van der Waals surface area contributed by atoms with E-state index < -0.39 is 4.92 Å². The number of fused-ring (bicyclic) bond motifs is 1. The number of thiophene rings is 1. The lowest BCUT2D eigenvalue weighted by molar-refractivity contribution is -0.385. The van der Waals surface area contributed by atoms with E-state index in [1.807, 2.05) is 6.07 Å². The normalized spacial score (nSPS) is 16.8. The van der Waals surface area contributed by atoms with E-state index in [0.29, 0.717) is 16.4 Å². The van der Waals surface area contributed by atoms with Crippen LogP contribution in [0.3, 0.4) is 0 Å². The van der Waals surface area contributed by atoms with E-state index in [1.165, 1.54) is 34.1 Å². The summed E-state index contributed by atoms with van der Waals surface area (Å²) < 4.78 is 0. The smallest absolute Gasteiger partial charge is 0.266 e. The van der Waals surface area contributed by atoms with Gasteiger partial charge in [0.25, 0.3) is 11.6 Å². The van der Waals surface area contributed by atoms with Crippen molar-refractivity contribution in [2.24, 2.45) is 11.0 Å². The van der Waals surface area contributed by atoms with Crippen LogP contribution in [0, 0.1) is 16.0 Å². The molecule has 1 aliphatic carbocycles. The van der Waals surface area contributed by atoms with Gasteiger partial charge in [0.1, 0.15) is 0 Å². The molecule has 0 spiro atoms. The molecule has 0 saturated heterocycles. The summed E-state index contributed by atoms with van der Waals surface area (Å²) >= 11 is 1.51. The lowest BCUT2D eigenvalue weighted by atomic mass is 9.90. The highest BCUT2D eigenvalue weighted by molar-refractivity contribution is 7.14. The van der Waals surface area contributed by atoms with Crippen molar-refractivity contribution in [3.8, 4) is 0 Å². The third-order valence-corrected chi connectivity index (χ3v) is 5.29. The van der Waals surface area contributed by atoms with Gasteiger partial charge in [-0.05, 0) is 42.9 Å². The molecule has 1 aromatic heterocycles. The number of amides is 1. The lowest BCUT2D eigenvalue weighted by Crippen LogP contribution is -2.16. The van der Waals surface area contributed by atoms with Crippen molar-refractivity contribution in [3.05, 3.63) is 61.3 Å². The molecule has 7 heteroatoms. The van der Waals surface area contributed by atoms with E-state index in [-0.39, 0.29) is 11.6 Å². The highest BCUT2D eigenvalue weighted by atomic mass is 32.1. The van der Waals surface area contributed by atoms with Crippen molar-refractivity contribution in [2.45, 2.75) is 26.2 Å². The molecule has 0 fully saturated rings. The molecule has 1 N–H and O–H groups in total. The highest BCUT2D eigenvalue weighted by Gasteiger charge is 2.20. The molecule has 0 bridgehead atoms. The standard InChI is InChI=1S/C17H17N3O3S/c1-11-6-7-15-13(8-11)9-16(24-15)17(21)19-18-10-12-4-2-3-5-14(12)20(22)23/h2-5,9-11H,6-8H2,1H3,(H,19,21)/b18-10-/t11-/m1/s1. The van der Waals surface area contributed by atoms with Crippen LogP contribution < -0.4 is 5.43 Å². The quantitative estimate of drug-likeness (QED) is 0.523. The number of hydrazone groups is 1. The largest absolute Gasteiger partial charge is 0.281 e. The number of benzene rings is 1. The number of nitro benzene ring substituents is 1. The van der Waals surface area contributed by atoms with Gasteiger partial charge in [-0.2, -0.15) is 5.10 Å². The number of nitrogens with zero attached hydrogens (tertiary/aromatic N) is 2. The summed E-state index contributed by atoms with van der Waals surface area (Å²) in [5.41, 5.74) is 4.01. The summed E-state index contributed by atoms with van der Waals surface area (Å²) in [6.07, 6.45) is 4.49. The third kappa shape index (κ3) is 3.51. The van der Waals surface area contributed by atoms with Gasteiger partial charge in [0.05, 0.1) is 21.6 Å². The second-order valence-corrected chi connectivity index (χ2v) is 7.06. The molecule has 2 aromatic rings. The number of nitrogens with one attached hydrogen (secondary N) is 1. The van der Waals surface area contributed by atoms with Crippen molar-refractivity contribution in [1.29, 1.82) is 0 Å². The second-order valence-electron chi connectivity index (χ2n) is 5.92. The number of rotatable bonds is 4. The van der Waals surface area contributed by atoms with Crippen molar-refractivity contribution >= 4 is 29.1 Å². The SMILES string of the molecule is C[C@@H]1CCc2sc(C(=O)N/N=C\c3ccccc3[N+](=O)[O-])cc2C1. The van der Waals surface area contributed by atoms with E-state index in [0.717, 1.165) is 19.3 Å². The van der Waals surface area contributed by atoms with Crippen LogP contribution in [-0.2, 0) is 12.8 Å². The molecule has 1 aromatic carbocycles. The number of hydrogen-bond donors (Lipinski definition) is 1. The van der Waals surface area contributed by atoms with Gasteiger partial charge in [-0.1, -0.05) is 19.1 Å². The Morgan fingerprint density at radius 3 is 3.04 bits per heavy atom. The van der Waals surface area contributed by atoms with Gasteiger partial charge in [-0.25, -0.2) is 5.43 Å². The monoisotopic (exact) mass is 343 g/mol. The van der Waals surface area contributed by atoms with Gasteiger partial charge in [0.15, 0.2) is 0 Å². The first-order valence-corrected chi connectivity index (χ1v) is 8.54. The van der Waals surface area contributed by atoms with Gasteiger partial charge in [0.2, 0.25) is 0 Å². The molecule has 1 atom stereocenters. The van der Waals surface area contributed by atoms with Crippen LogP contribution in [0.25, 0.3) is 0 Å². The van der Waals surface area contributed by atoms with E-state index in [2.05, 4.69) is 17.5 Å². The number of aryl methyl sites for hydroxylation is 1. The summed E-state index contributed by atoms with van der Waals surface area (Å²) in [5.74, 6) is 0.372. The molecule has 1 aliphatic rings.